The van der Waals surface area contributed by atoms with Crippen LogP contribution in [0, 0.1) is 0 Å². The number of fused-ring (bicyclic) bond motifs is 1. The quantitative estimate of drug-likeness (QED) is 0.755. The molecule has 0 spiro atoms. The van der Waals surface area contributed by atoms with Gasteiger partial charge < -0.3 is 10.5 Å². The first-order valence-corrected chi connectivity index (χ1v) is 6.66. The van der Waals surface area contributed by atoms with E-state index in [0.717, 1.165) is 32.4 Å². The van der Waals surface area contributed by atoms with Gasteiger partial charge in [-0.05, 0) is 42.1 Å². The van der Waals surface area contributed by atoms with E-state index >= 15 is 0 Å². The fraction of sp³-hybridized carbons (Fsp3) is 0.375. The molecule has 0 aromatic heterocycles. The number of rotatable bonds is 7. The van der Waals surface area contributed by atoms with Gasteiger partial charge in [-0.3, -0.25) is 0 Å². The molecule has 2 heteroatoms. The lowest BCUT2D eigenvalue weighted by Crippen LogP contribution is -2.00. The highest BCUT2D eigenvalue weighted by Gasteiger charge is 1.99. The summed E-state index contributed by atoms with van der Waals surface area (Å²) in [4.78, 5) is 0. The maximum atomic E-state index is 5.73. The minimum absolute atomic E-state index is 0.698. The first-order valence-electron chi connectivity index (χ1n) is 6.66. The number of nitrogens with two attached hydrogens (primary N) is 1. The molecule has 96 valence electrons. The minimum atomic E-state index is 0.698. The van der Waals surface area contributed by atoms with Gasteiger partial charge >= 0.3 is 0 Å². The summed E-state index contributed by atoms with van der Waals surface area (Å²) in [6.45, 7) is 2.30. The standard InChI is InChI=1S/C16H21NO/c17-11-4-1-5-12-18-13-15-9-6-8-14-7-2-3-10-16(14)15/h2-3,6-10H,1,4-5,11-13,17H2. The minimum Gasteiger partial charge on any atom is -0.377 e. The second-order valence-corrected chi connectivity index (χ2v) is 4.54. The molecule has 0 bridgehead atoms. The van der Waals surface area contributed by atoms with Gasteiger partial charge in [-0.15, -0.1) is 0 Å². The van der Waals surface area contributed by atoms with Crippen LogP contribution in [0.2, 0.25) is 0 Å². The van der Waals surface area contributed by atoms with Crippen LogP contribution in [0.25, 0.3) is 10.8 Å². The molecule has 0 aliphatic rings. The maximum absolute atomic E-state index is 5.73. The van der Waals surface area contributed by atoms with Crippen molar-refractivity contribution < 1.29 is 4.74 Å². The van der Waals surface area contributed by atoms with Gasteiger partial charge in [0, 0.05) is 6.61 Å². The van der Waals surface area contributed by atoms with E-state index in [1.807, 2.05) is 0 Å². The molecule has 0 amide bonds. The van der Waals surface area contributed by atoms with E-state index in [9.17, 15) is 0 Å². The van der Waals surface area contributed by atoms with Crippen LogP contribution in [0.15, 0.2) is 42.5 Å². The highest BCUT2D eigenvalue weighted by atomic mass is 16.5. The van der Waals surface area contributed by atoms with Gasteiger partial charge in [0.2, 0.25) is 0 Å². The van der Waals surface area contributed by atoms with E-state index in [1.165, 1.54) is 16.3 Å². The van der Waals surface area contributed by atoms with Crippen LogP contribution >= 0.6 is 0 Å². The molecule has 0 saturated heterocycles. The van der Waals surface area contributed by atoms with Crippen molar-refractivity contribution in [2.45, 2.75) is 25.9 Å². The fourth-order valence-electron chi connectivity index (χ4n) is 2.13. The van der Waals surface area contributed by atoms with E-state index in [4.69, 9.17) is 10.5 Å². The third-order valence-corrected chi connectivity index (χ3v) is 3.13. The lowest BCUT2D eigenvalue weighted by molar-refractivity contribution is 0.118. The van der Waals surface area contributed by atoms with Crippen molar-refractivity contribution in [3.8, 4) is 0 Å². The van der Waals surface area contributed by atoms with E-state index in [1.54, 1.807) is 0 Å². The summed E-state index contributed by atoms with van der Waals surface area (Å²) in [6.07, 6.45) is 3.35. The molecular formula is C16H21NO. The molecule has 0 fully saturated rings. The van der Waals surface area contributed by atoms with Crippen LogP contribution < -0.4 is 5.73 Å². The summed E-state index contributed by atoms with van der Waals surface area (Å²) >= 11 is 0. The number of hydrogen-bond donors (Lipinski definition) is 1. The predicted molar refractivity (Wildman–Crippen MR) is 76.5 cm³/mol. The molecule has 2 aromatic rings. The molecule has 2 nitrogen and oxygen atoms in total. The lowest BCUT2D eigenvalue weighted by atomic mass is 10.1. The van der Waals surface area contributed by atoms with E-state index in [-0.39, 0.29) is 0 Å². The summed E-state index contributed by atoms with van der Waals surface area (Å²) < 4.78 is 5.73. The second-order valence-electron chi connectivity index (χ2n) is 4.54. The Morgan fingerprint density at radius 1 is 0.889 bits per heavy atom. The highest BCUT2D eigenvalue weighted by Crippen LogP contribution is 2.19. The van der Waals surface area contributed by atoms with Gasteiger partial charge in [0.15, 0.2) is 0 Å². The van der Waals surface area contributed by atoms with Gasteiger partial charge in [0.1, 0.15) is 0 Å². The molecule has 2 N–H and O–H groups in total. The van der Waals surface area contributed by atoms with Crippen molar-refractivity contribution in [1.82, 2.24) is 0 Å². The van der Waals surface area contributed by atoms with E-state index in [0.29, 0.717) is 6.61 Å². The van der Waals surface area contributed by atoms with Crippen LogP contribution in [0.5, 0.6) is 0 Å². The molecular weight excluding hydrogens is 222 g/mol. The first-order chi connectivity index (χ1) is 8.92. The van der Waals surface area contributed by atoms with Crippen LogP contribution in [0.3, 0.4) is 0 Å². The summed E-state index contributed by atoms with van der Waals surface area (Å²) in [5.74, 6) is 0. The van der Waals surface area contributed by atoms with Crippen LogP contribution in [-0.4, -0.2) is 13.2 Å². The molecule has 0 atom stereocenters. The number of ether oxygens (including phenoxy) is 1. The largest absolute Gasteiger partial charge is 0.377 e. The van der Waals surface area contributed by atoms with Crippen LogP contribution in [0.4, 0.5) is 0 Å². The zero-order chi connectivity index (χ0) is 12.6. The predicted octanol–water partition coefficient (Wildman–Crippen LogP) is 3.49. The summed E-state index contributed by atoms with van der Waals surface area (Å²) in [5.41, 5.74) is 6.73. The third kappa shape index (κ3) is 3.56. The van der Waals surface area contributed by atoms with Crippen LogP contribution in [-0.2, 0) is 11.3 Å². The fourth-order valence-corrected chi connectivity index (χ4v) is 2.13. The molecule has 18 heavy (non-hydrogen) atoms. The Bertz CT molecular complexity index is 476. The summed E-state index contributed by atoms with van der Waals surface area (Å²) in [7, 11) is 0. The van der Waals surface area contributed by atoms with Crippen molar-refractivity contribution >= 4 is 10.8 Å². The summed E-state index contributed by atoms with van der Waals surface area (Å²) in [6, 6.07) is 14.8. The Morgan fingerprint density at radius 3 is 2.61 bits per heavy atom. The Morgan fingerprint density at radius 2 is 1.72 bits per heavy atom. The van der Waals surface area contributed by atoms with Gasteiger partial charge in [-0.1, -0.05) is 42.5 Å². The number of benzene rings is 2. The van der Waals surface area contributed by atoms with Crippen LogP contribution in [0.1, 0.15) is 24.8 Å². The van der Waals surface area contributed by atoms with Gasteiger partial charge in [-0.25, -0.2) is 0 Å². The molecule has 0 heterocycles. The smallest absolute Gasteiger partial charge is 0.0722 e. The first kappa shape index (κ1) is 13.1. The maximum Gasteiger partial charge on any atom is 0.0722 e. The monoisotopic (exact) mass is 243 g/mol. The lowest BCUT2D eigenvalue weighted by Gasteiger charge is -2.07. The Kier molecular flexibility index (Phi) is 5.18. The SMILES string of the molecule is NCCCCCOCc1cccc2ccccc12. The number of unbranched alkanes of at least 4 members (excludes halogenated alkanes) is 2. The van der Waals surface area contributed by atoms with Crippen molar-refractivity contribution in [2.75, 3.05) is 13.2 Å². The van der Waals surface area contributed by atoms with Gasteiger partial charge in [-0.2, -0.15) is 0 Å². The summed E-state index contributed by atoms with van der Waals surface area (Å²) in [5, 5.41) is 2.57. The van der Waals surface area contributed by atoms with Crippen molar-refractivity contribution in [3.05, 3.63) is 48.0 Å². The molecule has 2 rings (SSSR count). The van der Waals surface area contributed by atoms with Crippen molar-refractivity contribution in [1.29, 1.82) is 0 Å². The molecule has 0 saturated carbocycles. The topological polar surface area (TPSA) is 35.2 Å². The Balaban J connectivity index is 1.88. The van der Waals surface area contributed by atoms with Gasteiger partial charge in [0.25, 0.3) is 0 Å². The normalized spacial score (nSPS) is 10.9. The zero-order valence-corrected chi connectivity index (χ0v) is 10.8. The average Bonchev–Trinajstić information content (AvgIpc) is 2.43. The molecule has 0 aliphatic heterocycles. The number of hydrogen-bond acceptors (Lipinski definition) is 2. The third-order valence-electron chi connectivity index (χ3n) is 3.13. The highest BCUT2D eigenvalue weighted by molar-refractivity contribution is 5.85. The van der Waals surface area contributed by atoms with Crippen molar-refractivity contribution in [2.24, 2.45) is 5.73 Å². The zero-order valence-electron chi connectivity index (χ0n) is 10.8. The molecule has 0 aliphatic carbocycles. The molecule has 0 unspecified atom stereocenters. The second kappa shape index (κ2) is 7.14. The molecule has 2 aromatic carbocycles. The van der Waals surface area contributed by atoms with Gasteiger partial charge in [0.05, 0.1) is 6.61 Å². The van der Waals surface area contributed by atoms with Crippen molar-refractivity contribution in [3.63, 3.8) is 0 Å². The van der Waals surface area contributed by atoms with E-state index in [2.05, 4.69) is 42.5 Å². The van der Waals surface area contributed by atoms with E-state index < -0.39 is 0 Å². The average molecular weight is 243 g/mol. The molecule has 0 radical (unpaired) electrons. The Hall–Kier alpha value is -1.38. The Labute approximate surface area is 109 Å².